The Morgan fingerprint density at radius 3 is 2.50 bits per heavy atom. The van der Waals surface area contributed by atoms with Gasteiger partial charge in [-0.05, 0) is 76.4 Å². The van der Waals surface area contributed by atoms with Crippen LogP contribution in [0.5, 0.6) is 11.5 Å². The number of ketones is 1. The second-order valence-corrected chi connectivity index (χ2v) is 11.7. The van der Waals surface area contributed by atoms with Crippen LogP contribution in [0.25, 0.3) is 0 Å². The normalized spacial score (nSPS) is 13.8. The fraction of sp³-hybridized carbons (Fsp3) is 0.500. The molecule has 1 amide bonds. The number of ether oxygens (including phenoxy) is 3. The summed E-state index contributed by atoms with van der Waals surface area (Å²) in [5, 5.41) is 0. The van der Waals surface area contributed by atoms with Crippen molar-refractivity contribution in [1.29, 1.82) is 0 Å². The summed E-state index contributed by atoms with van der Waals surface area (Å²) in [7, 11) is 0.0511. The largest absolute Gasteiger partial charge is 0.573 e. The highest BCUT2D eigenvalue weighted by Crippen LogP contribution is 2.33. The van der Waals surface area contributed by atoms with Gasteiger partial charge in [-0.15, -0.1) is 13.2 Å². The first kappa shape index (κ1) is 31.4. The first-order valence-corrected chi connectivity index (χ1v) is 14.2. The smallest absolute Gasteiger partial charge is 0.492 e. The van der Waals surface area contributed by atoms with E-state index in [1.807, 2.05) is 0 Å². The Hall–Kier alpha value is -3.12. The maximum atomic E-state index is 13.0. The number of rotatable bonds is 12. The van der Waals surface area contributed by atoms with Crippen molar-refractivity contribution in [3.63, 3.8) is 0 Å². The van der Waals surface area contributed by atoms with Crippen LogP contribution in [0.15, 0.2) is 41.3 Å². The molecule has 0 radical (unpaired) electrons. The summed E-state index contributed by atoms with van der Waals surface area (Å²) >= 11 is 0. The molecule has 1 aliphatic rings. The summed E-state index contributed by atoms with van der Waals surface area (Å²) in [5.74, 6) is 0.119. The lowest BCUT2D eigenvalue weighted by Gasteiger charge is -2.27. The van der Waals surface area contributed by atoms with Crippen molar-refractivity contribution >= 4 is 22.9 Å². The van der Waals surface area contributed by atoms with E-state index >= 15 is 0 Å². The maximum Gasteiger partial charge on any atom is 0.573 e. The predicted octanol–water partition coefficient (Wildman–Crippen LogP) is 5.59. The molecule has 3 rings (SSSR count). The van der Waals surface area contributed by atoms with Gasteiger partial charge in [0.2, 0.25) is 0 Å². The van der Waals surface area contributed by atoms with Crippen LogP contribution in [0.2, 0.25) is 0 Å². The summed E-state index contributed by atoms with van der Waals surface area (Å²) in [6, 6.07) is 9.16. The first-order chi connectivity index (χ1) is 18.8. The maximum absolute atomic E-state index is 13.0. The van der Waals surface area contributed by atoms with Gasteiger partial charge in [0.05, 0.1) is 11.5 Å². The fourth-order valence-electron chi connectivity index (χ4n) is 4.22. The van der Waals surface area contributed by atoms with E-state index < -0.39 is 29.0 Å². The zero-order valence-corrected chi connectivity index (χ0v) is 23.9. The van der Waals surface area contributed by atoms with E-state index in [4.69, 9.17) is 9.47 Å². The number of hydrogen-bond acceptors (Lipinski definition) is 6. The minimum atomic E-state index is -4.83. The zero-order chi connectivity index (χ0) is 29.5. The van der Waals surface area contributed by atoms with Crippen molar-refractivity contribution in [2.75, 3.05) is 26.7 Å². The molecule has 0 aromatic heterocycles. The van der Waals surface area contributed by atoms with Crippen LogP contribution in [0.1, 0.15) is 61.5 Å². The van der Waals surface area contributed by atoms with E-state index in [9.17, 15) is 27.0 Å². The van der Waals surface area contributed by atoms with E-state index in [0.29, 0.717) is 47.6 Å². The molecule has 0 saturated heterocycles. The van der Waals surface area contributed by atoms with Gasteiger partial charge in [0, 0.05) is 31.5 Å². The van der Waals surface area contributed by atoms with Gasteiger partial charge < -0.3 is 19.1 Å². The number of amides is 1. The van der Waals surface area contributed by atoms with Gasteiger partial charge in [0.15, 0.2) is 5.78 Å². The summed E-state index contributed by atoms with van der Waals surface area (Å²) in [6.07, 6.45) is -3.54. The SMILES string of the molecule is CNS(=O)c1cc(C(=O)CCCCN(CCc2ccccc2OC(F)(F)F)C(=O)OC(C)(C)C)cc2c1OCC2. The molecule has 8 nitrogen and oxygen atoms in total. The van der Waals surface area contributed by atoms with Gasteiger partial charge in [-0.3, -0.25) is 4.79 Å². The number of nitrogens with zero attached hydrogens (tertiary/aromatic N) is 1. The highest BCUT2D eigenvalue weighted by molar-refractivity contribution is 7.83. The molecule has 220 valence electrons. The van der Waals surface area contributed by atoms with Crippen molar-refractivity contribution in [2.24, 2.45) is 0 Å². The average Bonchev–Trinajstić information content (AvgIpc) is 3.34. The predicted molar refractivity (Wildman–Crippen MR) is 144 cm³/mol. The number of fused-ring (bicyclic) bond motifs is 1. The topological polar surface area (TPSA) is 94.2 Å². The molecular formula is C28H35F3N2O6S. The lowest BCUT2D eigenvalue weighted by atomic mass is 10.0. The highest BCUT2D eigenvalue weighted by Gasteiger charge is 2.32. The Kier molecular flexibility index (Phi) is 10.6. The van der Waals surface area contributed by atoms with E-state index in [0.717, 1.165) is 5.56 Å². The van der Waals surface area contributed by atoms with E-state index in [1.165, 1.54) is 23.1 Å². The minimum Gasteiger partial charge on any atom is -0.492 e. The van der Waals surface area contributed by atoms with Crippen molar-refractivity contribution in [3.05, 3.63) is 53.1 Å². The molecule has 2 aromatic rings. The molecule has 0 aliphatic carbocycles. The number of nitrogens with one attached hydrogen (secondary N) is 1. The third kappa shape index (κ3) is 9.22. The van der Waals surface area contributed by atoms with Gasteiger partial charge in [0.25, 0.3) is 0 Å². The molecule has 1 heterocycles. The number of halogens is 3. The Balaban J connectivity index is 1.63. The second kappa shape index (κ2) is 13.5. The monoisotopic (exact) mass is 584 g/mol. The molecule has 0 fully saturated rings. The van der Waals surface area contributed by atoms with Crippen LogP contribution in [0.3, 0.4) is 0 Å². The molecule has 0 spiro atoms. The fourth-order valence-corrected chi connectivity index (χ4v) is 5.04. The molecule has 1 unspecified atom stereocenters. The minimum absolute atomic E-state index is 0.102. The lowest BCUT2D eigenvalue weighted by Crippen LogP contribution is -2.38. The summed E-state index contributed by atoms with van der Waals surface area (Å²) in [6.45, 7) is 6.00. The Labute approximate surface area is 234 Å². The number of hydrogen-bond donors (Lipinski definition) is 1. The van der Waals surface area contributed by atoms with Crippen molar-refractivity contribution in [1.82, 2.24) is 9.62 Å². The number of carbonyl (C=O) groups excluding carboxylic acids is 2. The number of Topliss-reactive ketones (excluding diaryl/α,β-unsaturated/α-hetero) is 1. The van der Waals surface area contributed by atoms with E-state index in [2.05, 4.69) is 9.46 Å². The van der Waals surface area contributed by atoms with Gasteiger partial charge >= 0.3 is 12.5 Å². The van der Waals surface area contributed by atoms with Crippen molar-refractivity contribution < 1.29 is 41.2 Å². The third-order valence-corrected chi connectivity index (χ3v) is 7.11. The molecule has 1 N–H and O–H groups in total. The van der Waals surface area contributed by atoms with Crippen LogP contribution in [0.4, 0.5) is 18.0 Å². The summed E-state index contributed by atoms with van der Waals surface area (Å²) < 4.78 is 68.7. The van der Waals surface area contributed by atoms with Gasteiger partial charge in [-0.1, -0.05) is 18.2 Å². The first-order valence-electron chi connectivity index (χ1n) is 13.0. The Morgan fingerprint density at radius 1 is 1.10 bits per heavy atom. The molecular weight excluding hydrogens is 549 g/mol. The molecule has 2 aromatic carbocycles. The van der Waals surface area contributed by atoms with Crippen molar-refractivity contribution in [3.8, 4) is 11.5 Å². The number of para-hydroxylation sites is 1. The van der Waals surface area contributed by atoms with Crippen LogP contribution < -0.4 is 14.2 Å². The molecule has 0 bridgehead atoms. The van der Waals surface area contributed by atoms with Crippen molar-refractivity contribution in [2.45, 2.75) is 69.7 Å². The van der Waals surface area contributed by atoms with Gasteiger partial charge in [-0.25, -0.2) is 13.7 Å². The number of benzene rings is 2. The quantitative estimate of drug-likeness (QED) is 0.258. The Bertz CT molecular complexity index is 1230. The average molecular weight is 585 g/mol. The number of carbonyl (C=O) groups is 2. The van der Waals surface area contributed by atoms with Crippen LogP contribution >= 0.6 is 0 Å². The third-order valence-electron chi connectivity index (χ3n) is 6.04. The Morgan fingerprint density at radius 2 is 1.82 bits per heavy atom. The molecule has 40 heavy (non-hydrogen) atoms. The molecule has 12 heteroatoms. The van der Waals surface area contributed by atoms with Crippen LogP contribution in [-0.4, -0.2) is 59.7 Å². The van der Waals surface area contributed by atoms with Gasteiger partial charge in [0.1, 0.15) is 28.1 Å². The molecule has 1 aliphatic heterocycles. The summed E-state index contributed by atoms with van der Waals surface area (Å²) in [5.41, 5.74) is 0.841. The van der Waals surface area contributed by atoms with E-state index in [-0.39, 0.29) is 37.5 Å². The number of unbranched alkanes of at least 4 members (excludes halogenated alkanes) is 1. The van der Waals surface area contributed by atoms with Crippen LogP contribution in [-0.2, 0) is 28.6 Å². The standard InChI is InChI=1S/C28H35F3N2O6S/c1-27(2,3)39-26(35)33(15-12-19-9-5-6-11-23(19)38-28(29,30)31)14-8-7-10-22(34)21-17-20-13-16-37-25(20)24(18-21)40(36)32-4/h5-6,9,11,17-18,32H,7-8,10,12-16H2,1-4H3. The zero-order valence-electron chi connectivity index (χ0n) is 23.1. The highest BCUT2D eigenvalue weighted by atomic mass is 32.2. The lowest BCUT2D eigenvalue weighted by molar-refractivity contribution is -0.274. The van der Waals surface area contributed by atoms with Gasteiger partial charge in [-0.2, -0.15) is 0 Å². The molecule has 0 saturated carbocycles. The number of alkyl halides is 3. The van der Waals surface area contributed by atoms with Crippen LogP contribution in [0, 0.1) is 0 Å². The summed E-state index contributed by atoms with van der Waals surface area (Å²) in [4.78, 5) is 27.7. The second-order valence-electron chi connectivity index (χ2n) is 10.3. The molecule has 1 atom stereocenters. The van der Waals surface area contributed by atoms with E-state index in [1.54, 1.807) is 46.0 Å².